The van der Waals surface area contributed by atoms with E-state index in [1.54, 1.807) is 11.8 Å². The highest BCUT2D eigenvalue weighted by molar-refractivity contribution is 8.45. The summed E-state index contributed by atoms with van der Waals surface area (Å²) in [6, 6.07) is 8.10. The van der Waals surface area contributed by atoms with Crippen molar-refractivity contribution in [1.82, 2.24) is 0 Å². The van der Waals surface area contributed by atoms with Gasteiger partial charge in [-0.05, 0) is 48.0 Å². The summed E-state index contributed by atoms with van der Waals surface area (Å²) in [6.07, 6.45) is 5.80. The van der Waals surface area contributed by atoms with E-state index in [1.165, 1.54) is 28.4 Å². The van der Waals surface area contributed by atoms with Crippen LogP contribution in [0.5, 0.6) is 0 Å². The number of carbonyl (C=O) groups excluding carboxylic acids is 1. The summed E-state index contributed by atoms with van der Waals surface area (Å²) in [4.78, 5) is 17.1. The van der Waals surface area contributed by atoms with Crippen molar-refractivity contribution in [2.45, 2.75) is 4.90 Å². The lowest BCUT2D eigenvalue weighted by atomic mass is 10.2. The number of nitrogens with zero attached hydrogens (tertiary/aromatic N) is 1. The van der Waals surface area contributed by atoms with Gasteiger partial charge in [-0.2, -0.15) is 0 Å². The van der Waals surface area contributed by atoms with Gasteiger partial charge >= 0.3 is 0 Å². The maximum absolute atomic E-state index is 11.6. The van der Waals surface area contributed by atoms with Crippen LogP contribution in [0.25, 0.3) is 6.08 Å². The van der Waals surface area contributed by atoms with Crippen LogP contribution >= 0.6 is 35.3 Å². The standard InChI is InChI=1S/C12H11NOS3/c1-15-9-5-3-8(4-6-9)7-10-11(14)17-12(13-10)16-2/h3-7H,1-2H3/b10-7-. The van der Waals surface area contributed by atoms with Gasteiger partial charge in [-0.15, -0.1) is 23.5 Å². The van der Waals surface area contributed by atoms with E-state index in [2.05, 4.69) is 4.99 Å². The molecule has 5 heteroatoms. The molecule has 0 saturated carbocycles. The molecule has 0 unspecified atom stereocenters. The van der Waals surface area contributed by atoms with Gasteiger partial charge in [0.2, 0.25) is 5.12 Å². The number of rotatable bonds is 2. The average molecular weight is 281 g/mol. The molecule has 0 fully saturated rings. The van der Waals surface area contributed by atoms with Crippen molar-refractivity contribution in [1.29, 1.82) is 0 Å². The molecule has 1 aromatic rings. The van der Waals surface area contributed by atoms with E-state index in [4.69, 9.17) is 0 Å². The maximum atomic E-state index is 11.6. The Hall–Kier alpha value is -0.650. The van der Waals surface area contributed by atoms with Crippen LogP contribution in [0.2, 0.25) is 0 Å². The summed E-state index contributed by atoms with van der Waals surface area (Å²) in [5.41, 5.74) is 1.55. The number of hydrogen-bond acceptors (Lipinski definition) is 5. The minimum Gasteiger partial charge on any atom is -0.279 e. The fourth-order valence-electron chi connectivity index (χ4n) is 1.33. The molecular weight excluding hydrogens is 270 g/mol. The lowest BCUT2D eigenvalue weighted by Crippen LogP contribution is -1.87. The number of hydrogen-bond donors (Lipinski definition) is 0. The third-order valence-electron chi connectivity index (χ3n) is 2.19. The Kier molecular flexibility index (Phi) is 4.36. The Morgan fingerprint density at radius 3 is 2.41 bits per heavy atom. The maximum Gasteiger partial charge on any atom is 0.244 e. The largest absolute Gasteiger partial charge is 0.279 e. The van der Waals surface area contributed by atoms with Crippen molar-refractivity contribution in [3.05, 3.63) is 35.5 Å². The zero-order valence-corrected chi connectivity index (χ0v) is 11.9. The van der Waals surface area contributed by atoms with Crippen LogP contribution in [0.1, 0.15) is 5.56 Å². The van der Waals surface area contributed by atoms with Crippen LogP contribution in [0.15, 0.2) is 39.9 Å². The lowest BCUT2D eigenvalue weighted by molar-refractivity contribution is -0.107. The first kappa shape index (κ1) is 12.8. The van der Waals surface area contributed by atoms with Crippen molar-refractivity contribution in [3.8, 4) is 0 Å². The van der Waals surface area contributed by atoms with E-state index in [0.29, 0.717) is 5.70 Å². The van der Waals surface area contributed by atoms with Gasteiger partial charge in [-0.25, -0.2) is 4.99 Å². The highest BCUT2D eigenvalue weighted by Crippen LogP contribution is 2.29. The number of carbonyl (C=O) groups is 1. The summed E-state index contributed by atoms with van der Waals surface area (Å²) in [7, 11) is 0. The number of thioether (sulfide) groups is 3. The Balaban J connectivity index is 2.23. The van der Waals surface area contributed by atoms with E-state index >= 15 is 0 Å². The van der Waals surface area contributed by atoms with Crippen LogP contribution in [0.3, 0.4) is 0 Å². The molecule has 1 aliphatic heterocycles. The molecular formula is C12H11NOS3. The predicted molar refractivity (Wildman–Crippen MR) is 79.7 cm³/mol. The second-order valence-electron chi connectivity index (χ2n) is 3.27. The number of benzene rings is 1. The second kappa shape index (κ2) is 5.80. The molecule has 0 N–H and O–H groups in total. The van der Waals surface area contributed by atoms with Gasteiger partial charge in [-0.1, -0.05) is 12.1 Å². The lowest BCUT2D eigenvalue weighted by Gasteiger charge is -1.97. The molecule has 2 rings (SSSR count). The first-order chi connectivity index (χ1) is 8.22. The van der Waals surface area contributed by atoms with E-state index in [9.17, 15) is 4.79 Å². The van der Waals surface area contributed by atoms with Gasteiger partial charge in [0.1, 0.15) is 10.1 Å². The van der Waals surface area contributed by atoms with Crippen LogP contribution in [0, 0.1) is 0 Å². The quantitative estimate of drug-likeness (QED) is 0.610. The smallest absolute Gasteiger partial charge is 0.244 e. The van der Waals surface area contributed by atoms with Crippen LogP contribution in [0.4, 0.5) is 0 Å². The van der Waals surface area contributed by atoms with E-state index < -0.39 is 0 Å². The summed E-state index contributed by atoms with van der Waals surface area (Å²) < 4.78 is 0.821. The topological polar surface area (TPSA) is 29.4 Å². The third kappa shape index (κ3) is 3.18. The predicted octanol–water partition coefficient (Wildman–Crippen LogP) is 3.74. The van der Waals surface area contributed by atoms with Gasteiger partial charge in [0.05, 0.1) is 0 Å². The fourth-order valence-corrected chi connectivity index (χ4v) is 3.00. The first-order valence-electron chi connectivity index (χ1n) is 4.93. The summed E-state index contributed by atoms with van der Waals surface area (Å²) in [5, 5.41) is 0.0308. The van der Waals surface area contributed by atoms with Gasteiger partial charge in [0.15, 0.2) is 0 Å². The normalized spacial score (nSPS) is 17.6. The fraction of sp³-hybridized carbons (Fsp3) is 0.167. The molecule has 0 saturated heterocycles. The summed E-state index contributed by atoms with van der Waals surface area (Å²) in [5.74, 6) is 0. The minimum absolute atomic E-state index is 0.0308. The molecule has 0 spiro atoms. The van der Waals surface area contributed by atoms with Crippen LogP contribution in [-0.4, -0.2) is 22.0 Å². The van der Waals surface area contributed by atoms with Gasteiger partial charge in [0.25, 0.3) is 0 Å². The zero-order chi connectivity index (χ0) is 12.3. The molecule has 0 atom stereocenters. The molecule has 1 aromatic carbocycles. The van der Waals surface area contributed by atoms with Crippen LogP contribution in [-0.2, 0) is 4.79 Å². The molecule has 0 amide bonds. The van der Waals surface area contributed by atoms with Crippen molar-refractivity contribution >= 4 is 50.9 Å². The molecule has 2 nitrogen and oxygen atoms in total. The molecule has 0 radical (unpaired) electrons. The van der Waals surface area contributed by atoms with Crippen molar-refractivity contribution in [2.24, 2.45) is 4.99 Å². The Labute approximate surface area is 113 Å². The molecule has 17 heavy (non-hydrogen) atoms. The Morgan fingerprint density at radius 1 is 1.18 bits per heavy atom. The molecule has 0 bridgehead atoms. The second-order valence-corrected chi connectivity index (χ2v) is 6.17. The highest BCUT2D eigenvalue weighted by Gasteiger charge is 2.21. The Morgan fingerprint density at radius 2 is 1.88 bits per heavy atom. The van der Waals surface area contributed by atoms with Crippen molar-refractivity contribution in [3.63, 3.8) is 0 Å². The molecule has 88 valence electrons. The summed E-state index contributed by atoms with van der Waals surface area (Å²) >= 11 is 4.41. The van der Waals surface area contributed by atoms with Gasteiger partial charge in [-0.3, -0.25) is 4.79 Å². The Bertz CT molecular complexity index is 491. The molecule has 1 heterocycles. The highest BCUT2D eigenvalue weighted by atomic mass is 32.2. The molecule has 0 aliphatic carbocycles. The minimum atomic E-state index is 0.0308. The van der Waals surface area contributed by atoms with Crippen molar-refractivity contribution in [2.75, 3.05) is 12.5 Å². The average Bonchev–Trinajstić information content (AvgIpc) is 2.71. The summed E-state index contributed by atoms with van der Waals surface area (Å²) in [6.45, 7) is 0. The third-order valence-corrected chi connectivity index (χ3v) is 4.79. The number of aliphatic imine (C=N–C) groups is 1. The van der Waals surface area contributed by atoms with Gasteiger partial charge in [0, 0.05) is 4.90 Å². The van der Waals surface area contributed by atoms with E-state index in [0.717, 1.165) is 9.94 Å². The van der Waals surface area contributed by atoms with Crippen LogP contribution < -0.4 is 0 Å². The first-order valence-corrected chi connectivity index (χ1v) is 8.20. The molecule has 1 aliphatic rings. The molecule has 0 aromatic heterocycles. The SMILES string of the molecule is CSC1=N/C(=C\c2ccc(SC)cc2)C(=O)S1. The van der Waals surface area contributed by atoms with Gasteiger partial charge < -0.3 is 0 Å². The monoisotopic (exact) mass is 281 g/mol. The zero-order valence-electron chi connectivity index (χ0n) is 9.47. The van der Waals surface area contributed by atoms with E-state index in [-0.39, 0.29) is 5.12 Å². The van der Waals surface area contributed by atoms with Crippen molar-refractivity contribution < 1.29 is 4.79 Å². The van der Waals surface area contributed by atoms with E-state index in [1.807, 2.05) is 42.9 Å².